The molecule has 0 aliphatic carbocycles. The topological polar surface area (TPSA) is 24.5 Å². The van der Waals surface area contributed by atoms with Crippen molar-refractivity contribution in [3.63, 3.8) is 0 Å². The van der Waals surface area contributed by atoms with Crippen LogP contribution < -0.4 is 5.32 Å². The molecule has 1 N–H and O–H groups in total. The molecule has 3 heteroatoms. The van der Waals surface area contributed by atoms with Crippen molar-refractivity contribution in [2.45, 2.75) is 71.1 Å². The molecule has 0 aromatic carbocycles. The van der Waals surface area contributed by atoms with Crippen LogP contribution in [0.15, 0.2) is 0 Å². The summed E-state index contributed by atoms with van der Waals surface area (Å²) in [4.78, 5) is 2.60. The van der Waals surface area contributed by atoms with Crippen LogP contribution in [0.4, 0.5) is 0 Å². The largest absolute Gasteiger partial charge is 0.377 e. The number of methoxy groups -OCH3 is 1. The smallest absolute Gasteiger partial charge is 0.0777 e. The third-order valence-electron chi connectivity index (χ3n) is 4.16. The predicted molar refractivity (Wildman–Crippen MR) is 78.1 cm³/mol. The normalized spacial score (nSPS) is 27.7. The van der Waals surface area contributed by atoms with Gasteiger partial charge in [0.15, 0.2) is 0 Å². The zero-order valence-electron chi connectivity index (χ0n) is 13.0. The number of hydrogen-bond acceptors (Lipinski definition) is 3. The standard InChI is InChI=1S/C15H32N2O/c1-13(2)16-10-6-8-14(3)17-11-7-9-15(4,12-17)18-5/h13-14,16H,6-12H2,1-5H3. The Kier molecular flexibility index (Phi) is 6.61. The van der Waals surface area contributed by atoms with E-state index < -0.39 is 0 Å². The Balaban J connectivity index is 2.26. The van der Waals surface area contributed by atoms with Crippen LogP contribution in [-0.4, -0.2) is 49.3 Å². The first-order valence-electron chi connectivity index (χ1n) is 7.49. The Morgan fingerprint density at radius 3 is 2.67 bits per heavy atom. The minimum Gasteiger partial charge on any atom is -0.377 e. The van der Waals surface area contributed by atoms with Crippen LogP contribution in [0.2, 0.25) is 0 Å². The fourth-order valence-electron chi connectivity index (χ4n) is 2.76. The molecule has 1 heterocycles. The van der Waals surface area contributed by atoms with E-state index >= 15 is 0 Å². The fraction of sp³-hybridized carbons (Fsp3) is 1.00. The van der Waals surface area contributed by atoms with Crippen molar-refractivity contribution >= 4 is 0 Å². The highest BCUT2D eigenvalue weighted by Gasteiger charge is 2.32. The van der Waals surface area contributed by atoms with Gasteiger partial charge in [0.25, 0.3) is 0 Å². The highest BCUT2D eigenvalue weighted by Crippen LogP contribution is 2.25. The van der Waals surface area contributed by atoms with Crippen molar-refractivity contribution in [3.05, 3.63) is 0 Å². The van der Waals surface area contributed by atoms with Crippen LogP contribution in [0.25, 0.3) is 0 Å². The average Bonchev–Trinajstić information content (AvgIpc) is 2.34. The molecule has 0 spiro atoms. The summed E-state index contributed by atoms with van der Waals surface area (Å²) in [6.07, 6.45) is 5.00. The summed E-state index contributed by atoms with van der Waals surface area (Å²) < 4.78 is 5.66. The summed E-state index contributed by atoms with van der Waals surface area (Å²) in [5, 5.41) is 3.49. The van der Waals surface area contributed by atoms with E-state index in [9.17, 15) is 0 Å². The van der Waals surface area contributed by atoms with Crippen molar-refractivity contribution in [1.82, 2.24) is 10.2 Å². The maximum atomic E-state index is 5.66. The maximum Gasteiger partial charge on any atom is 0.0777 e. The quantitative estimate of drug-likeness (QED) is 0.709. The van der Waals surface area contributed by atoms with Crippen LogP contribution in [0.3, 0.4) is 0 Å². The second-order valence-electron chi connectivity index (χ2n) is 6.33. The summed E-state index contributed by atoms with van der Waals surface area (Å²) in [6, 6.07) is 1.28. The molecule has 0 aromatic rings. The third-order valence-corrected chi connectivity index (χ3v) is 4.16. The van der Waals surface area contributed by atoms with Gasteiger partial charge in [0, 0.05) is 25.7 Å². The van der Waals surface area contributed by atoms with Crippen molar-refractivity contribution < 1.29 is 4.74 Å². The summed E-state index contributed by atoms with van der Waals surface area (Å²) in [5.41, 5.74) is 0.0721. The summed E-state index contributed by atoms with van der Waals surface area (Å²) in [6.45, 7) is 12.5. The molecule has 1 aliphatic heterocycles. The molecule has 2 unspecified atom stereocenters. The Labute approximate surface area is 113 Å². The van der Waals surface area contributed by atoms with Crippen molar-refractivity contribution in [3.8, 4) is 0 Å². The third kappa shape index (κ3) is 5.25. The predicted octanol–water partition coefficient (Wildman–Crippen LogP) is 2.65. The van der Waals surface area contributed by atoms with E-state index in [0.717, 1.165) is 13.1 Å². The highest BCUT2D eigenvalue weighted by atomic mass is 16.5. The second kappa shape index (κ2) is 7.46. The molecule has 1 saturated heterocycles. The second-order valence-corrected chi connectivity index (χ2v) is 6.33. The zero-order chi connectivity index (χ0) is 13.6. The number of nitrogens with zero attached hydrogens (tertiary/aromatic N) is 1. The van der Waals surface area contributed by atoms with Gasteiger partial charge in [-0.25, -0.2) is 0 Å². The number of hydrogen-bond donors (Lipinski definition) is 1. The van der Waals surface area contributed by atoms with Gasteiger partial charge in [0.2, 0.25) is 0 Å². The van der Waals surface area contributed by atoms with Crippen LogP contribution in [0.5, 0.6) is 0 Å². The highest BCUT2D eigenvalue weighted by molar-refractivity contribution is 4.86. The number of nitrogens with one attached hydrogen (secondary N) is 1. The van der Waals surface area contributed by atoms with Gasteiger partial charge in [-0.15, -0.1) is 0 Å². The number of ether oxygens (including phenoxy) is 1. The molecular weight excluding hydrogens is 224 g/mol. The van der Waals surface area contributed by atoms with Crippen molar-refractivity contribution in [1.29, 1.82) is 0 Å². The van der Waals surface area contributed by atoms with E-state index in [1.54, 1.807) is 0 Å². The van der Waals surface area contributed by atoms with Crippen LogP contribution in [0, 0.1) is 0 Å². The van der Waals surface area contributed by atoms with Crippen molar-refractivity contribution in [2.75, 3.05) is 26.7 Å². The molecule has 3 nitrogen and oxygen atoms in total. The summed E-state index contributed by atoms with van der Waals surface area (Å²) >= 11 is 0. The SMILES string of the molecule is COC1(C)CCCN(C(C)CCCNC(C)C)C1. The Morgan fingerprint density at radius 1 is 1.33 bits per heavy atom. The number of likely N-dealkylation sites (tertiary alicyclic amines) is 1. The van der Waals surface area contributed by atoms with Gasteiger partial charge < -0.3 is 10.1 Å². The molecule has 1 rings (SSSR count). The minimum absolute atomic E-state index is 0.0721. The van der Waals surface area contributed by atoms with Gasteiger partial charge in [0.1, 0.15) is 0 Å². The van der Waals surface area contributed by atoms with E-state index in [-0.39, 0.29) is 5.60 Å². The molecule has 2 atom stereocenters. The van der Waals surface area contributed by atoms with E-state index in [4.69, 9.17) is 4.74 Å². The first-order chi connectivity index (χ1) is 8.47. The first kappa shape index (κ1) is 15.9. The zero-order valence-corrected chi connectivity index (χ0v) is 13.0. The lowest BCUT2D eigenvalue weighted by molar-refractivity contribution is -0.0603. The molecule has 0 radical (unpaired) electrons. The van der Waals surface area contributed by atoms with Gasteiger partial charge >= 0.3 is 0 Å². The molecular formula is C15H32N2O. The van der Waals surface area contributed by atoms with Crippen molar-refractivity contribution in [2.24, 2.45) is 0 Å². The van der Waals surface area contributed by atoms with E-state index in [1.165, 1.54) is 32.2 Å². The Morgan fingerprint density at radius 2 is 2.06 bits per heavy atom. The van der Waals surface area contributed by atoms with E-state index in [2.05, 4.69) is 37.9 Å². The average molecular weight is 256 g/mol. The molecule has 0 saturated carbocycles. The number of piperidine rings is 1. The minimum atomic E-state index is 0.0721. The Bertz CT molecular complexity index is 233. The van der Waals surface area contributed by atoms with Crippen LogP contribution in [0.1, 0.15) is 53.4 Å². The maximum absolute atomic E-state index is 5.66. The molecule has 1 fully saturated rings. The molecule has 0 amide bonds. The first-order valence-corrected chi connectivity index (χ1v) is 7.49. The lowest BCUT2D eigenvalue weighted by Gasteiger charge is -2.42. The van der Waals surface area contributed by atoms with E-state index in [1.807, 2.05) is 7.11 Å². The summed E-state index contributed by atoms with van der Waals surface area (Å²) in [7, 11) is 1.85. The lowest BCUT2D eigenvalue weighted by Crippen LogP contribution is -2.50. The fourth-order valence-corrected chi connectivity index (χ4v) is 2.76. The summed E-state index contributed by atoms with van der Waals surface area (Å²) in [5.74, 6) is 0. The molecule has 108 valence electrons. The van der Waals surface area contributed by atoms with Gasteiger partial charge in [-0.3, -0.25) is 4.90 Å². The van der Waals surface area contributed by atoms with Crippen LogP contribution >= 0.6 is 0 Å². The van der Waals surface area contributed by atoms with Gasteiger partial charge in [0.05, 0.1) is 5.60 Å². The molecule has 1 aliphatic rings. The molecule has 18 heavy (non-hydrogen) atoms. The lowest BCUT2D eigenvalue weighted by atomic mass is 9.93. The Hall–Kier alpha value is -0.120. The van der Waals surface area contributed by atoms with Gasteiger partial charge in [-0.1, -0.05) is 13.8 Å². The van der Waals surface area contributed by atoms with E-state index in [0.29, 0.717) is 12.1 Å². The van der Waals surface area contributed by atoms with Gasteiger partial charge in [-0.05, 0) is 52.6 Å². The molecule has 0 bridgehead atoms. The monoisotopic (exact) mass is 256 g/mol. The van der Waals surface area contributed by atoms with Crippen LogP contribution in [-0.2, 0) is 4.74 Å². The number of rotatable bonds is 7. The van der Waals surface area contributed by atoms with Gasteiger partial charge in [-0.2, -0.15) is 0 Å². The molecule has 0 aromatic heterocycles.